The third-order valence-electron chi connectivity index (χ3n) is 4.40. The number of nitrogens with zero attached hydrogens (tertiary/aromatic N) is 1. The number of esters is 1. The zero-order valence-corrected chi connectivity index (χ0v) is 16.7. The molecule has 1 atom stereocenters. The molecule has 0 aliphatic heterocycles. The van der Waals surface area contributed by atoms with Crippen molar-refractivity contribution in [3.05, 3.63) is 107 Å². The van der Waals surface area contributed by atoms with Gasteiger partial charge in [0.1, 0.15) is 6.10 Å². The van der Waals surface area contributed by atoms with Crippen LogP contribution < -0.4 is 0 Å². The molecule has 3 aromatic rings. The lowest BCUT2D eigenvalue weighted by Crippen LogP contribution is -2.33. The van der Waals surface area contributed by atoms with Crippen LogP contribution in [-0.2, 0) is 17.8 Å². The van der Waals surface area contributed by atoms with Crippen molar-refractivity contribution in [2.75, 3.05) is 6.54 Å². The highest BCUT2D eigenvalue weighted by Gasteiger charge is 2.16. The van der Waals surface area contributed by atoms with Crippen LogP contribution in [0.1, 0.15) is 28.4 Å². The van der Waals surface area contributed by atoms with Gasteiger partial charge in [0.15, 0.2) is 0 Å². The number of ether oxygens (including phenoxy) is 1. The summed E-state index contributed by atoms with van der Waals surface area (Å²) in [5.41, 5.74) is 2.97. The molecule has 4 heteroatoms. The third-order valence-corrected chi connectivity index (χ3v) is 4.65. The second-order valence-electron chi connectivity index (χ2n) is 6.86. The lowest BCUT2D eigenvalue weighted by Gasteiger charge is -2.26. The maximum atomic E-state index is 12.4. The number of hydrogen-bond donors (Lipinski definition) is 0. The first-order chi connectivity index (χ1) is 13.6. The van der Waals surface area contributed by atoms with Crippen molar-refractivity contribution in [3.63, 3.8) is 0 Å². The zero-order chi connectivity index (χ0) is 19.8. The van der Waals surface area contributed by atoms with Crippen LogP contribution in [0.2, 0.25) is 5.02 Å². The number of hydrogen-bond acceptors (Lipinski definition) is 3. The fraction of sp³-hybridized carbons (Fsp3) is 0.208. The SMILES string of the molecule is CC(CN(Cc1ccccc1)Cc1ccccc1)OC(=O)c1ccc(Cl)cc1. The van der Waals surface area contributed by atoms with Gasteiger partial charge in [-0.05, 0) is 42.3 Å². The Morgan fingerprint density at radius 2 is 1.36 bits per heavy atom. The Kier molecular flexibility index (Phi) is 7.24. The summed E-state index contributed by atoms with van der Waals surface area (Å²) in [7, 11) is 0. The molecule has 144 valence electrons. The minimum atomic E-state index is -0.330. The first kappa shape index (κ1) is 20.1. The van der Waals surface area contributed by atoms with Gasteiger partial charge in [0, 0.05) is 24.7 Å². The summed E-state index contributed by atoms with van der Waals surface area (Å²) in [6, 6.07) is 27.4. The number of halogens is 1. The van der Waals surface area contributed by atoms with E-state index in [1.165, 1.54) is 11.1 Å². The summed E-state index contributed by atoms with van der Waals surface area (Å²) < 4.78 is 5.66. The Morgan fingerprint density at radius 1 is 0.857 bits per heavy atom. The molecule has 3 aromatic carbocycles. The second-order valence-corrected chi connectivity index (χ2v) is 7.30. The minimum absolute atomic E-state index is 0.240. The highest BCUT2D eigenvalue weighted by Crippen LogP contribution is 2.14. The van der Waals surface area contributed by atoms with Gasteiger partial charge < -0.3 is 4.74 Å². The van der Waals surface area contributed by atoms with Gasteiger partial charge >= 0.3 is 5.97 Å². The van der Waals surface area contributed by atoms with Crippen LogP contribution in [0.15, 0.2) is 84.9 Å². The molecule has 0 N–H and O–H groups in total. The van der Waals surface area contributed by atoms with Gasteiger partial charge in [0.2, 0.25) is 0 Å². The van der Waals surface area contributed by atoms with E-state index >= 15 is 0 Å². The molecular formula is C24H24ClNO2. The van der Waals surface area contributed by atoms with Gasteiger partial charge in [-0.2, -0.15) is 0 Å². The normalized spacial score (nSPS) is 12.0. The molecule has 0 fully saturated rings. The van der Waals surface area contributed by atoms with Crippen LogP contribution in [0.5, 0.6) is 0 Å². The van der Waals surface area contributed by atoms with Crippen molar-refractivity contribution in [2.24, 2.45) is 0 Å². The fourth-order valence-corrected chi connectivity index (χ4v) is 3.23. The molecule has 0 aliphatic carbocycles. The van der Waals surface area contributed by atoms with E-state index in [0.29, 0.717) is 17.1 Å². The number of carbonyl (C=O) groups is 1. The van der Waals surface area contributed by atoms with Crippen molar-refractivity contribution in [1.29, 1.82) is 0 Å². The van der Waals surface area contributed by atoms with Crippen molar-refractivity contribution in [2.45, 2.75) is 26.1 Å². The average molecular weight is 394 g/mol. The summed E-state index contributed by atoms with van der Waals surface area (Å²) in [5.74, 6) is -0.330. The van der Waals surface area contributed by atoms with Gasteiger partial charge in [-0.1, -0.05) is 72.3 Å². The molecule has 3 rings (SSSR count). The number of benzene rings is 3. The Bertz CT molecular complexity index is 825. The van der Waals surface area contributed by atoms with Gasteiger partial charge in [-0.3, -0.25) is 4.90 Å². The molecule has 1 unspecified atom stereocenters. The maximum absolute atomic E-state index is 12.4. The first-order valence-electron chi connectivity index (χ1n) is 9.37. The number of carbonyl (C=O) groups excluding carboxylic acids is 1. The second kappa shape index (κ2) is 10.1. The van der Waals surface area contributed by atoms with Crippen LogP contribution in [0.25, 0.3) is 0 Å². The topological polar surface area (TPSA) is 29.5 Å². The van der Waals surface area contributed by atoms with Crippen molar-refractivity contribution in [1.82, 2.24) is 4.90 Å². The molecule has 3 nitrogen and oxygen atoms in total. The summed E-state index contributed by atoms with van der Waals surface area (Å²) >= 11 is 5.89. The molecule has 0 saturated heterocycles. The lowest BCUT2D eigenvalue weighted by molar-refractivity contribution is 0.0237. The molecule has 0 saturated carbocycles. The Balaban J connectivity index is 1.65. The van der Waals surface area contributed by atoms with Crippen LogP contribution in [0.4, 0.5) is 0 Å². The van der Waals surface area contributed by atoms with E-state index in [4.69, 9.17) is 16.3 Å². The maximum Gasteiger partial charge on any atom is 0.338 e. The summed E-state index contributed by atoms with van der Waals surface area (Å²) in [6.45, 7) is 4.15. The largest absolute Gasteiger partial charge is 0.458 e. The Hall–Kier alpha value is -2.62. The molecule has 0 radical (unpaired) electrons. The minimum Gasteiger partial charge on any atom is -0.458 e. The Labute approximate surface area is 171 Å². The summed E-state index contributed by atoms with van der Waals surface area (Å²) in [4.78, 5) is 14.7. The lowest BCUT2D eigenvalue weighted by atomic mass is 10.1. The molecule has 0 amide bonds. The van der Waals surface area contributed by atoms with Crippen LogP contribution >= 0.6 is 11.6 Å². The molecule has 0 bridgehead atoms. The number of rotatable bonds is 8. The highest BCUT2D eigenvalue weighted by molar-refractivity contribution is 6.30. The van der Waals surface area contributed by atoms with E-state index in [0.717, 1.165) is 13.1 Å². The van der Waals surface area contributed by atoms with Gasteiger partial charge in [0.25, 0.3) is 0 Å². The van der Waals surface area contributed by atoms with E-state index in [9.17, 15) is 4.79 Å². The van der Waals surface area contributed by atoms with Crippen LogP contribution in [-0.4, -0.2) is 23.5 Å². The van der Waals surface area contributed by atoms with Gasteiger partial charge in [-0.25, -0.2) is 4.79 Å². The first-order valence-corrected chi connectivity index (χ1v) is 9.75. The predicted molar refractivity (Wildman–Crippen MR) is 113 cm³/mol. The van der Waals surface area contributed by atoms with E-state index < -0.39 is 0 Å². The molecule has 0 aliphatic rings. The molecule has 0 spiro atoms. The average Bonchev–Trinajstić information content (AvgIpc) is 2.70. The van der Waals surface area contributed by atoms with Crippen molar-refractivity contribution < 1.29 is 9.53 Å². The fourth-order valence-electron chi connectivity index (χ4n) is 3.11. The van der Waals surface area contributed by atoms with E-state index in [1.54, 1.807) is 24.3 Å². The van der Waals surface area contributed by atoms with Crippen LogP contribution in [0.3, 0.4) is 0 Å². The van der Waals surface area contributed by atoms with Crippen molar-refractivity contribution in [3.8, 4) is 0 Å². The van der Waals surface area contributed by atoms with E-state index in [-0.39, 0.29) is 12.1 Å². The zero-order valence-electron chi connectivity index (χ0n) is 15.9. The van der Waals surface area contributed by atoms with Crippen molar-refractivity contribution >= 4 is 17.6 Å². The molecular weight excluding hydrogens is 370 g/mol. The van der Waals surface area contributed by atoms with E-state index in [1.807, 2.05) is 43.3 Å². The summed E-state index contributed by atoms with van der Waals surface area (Å²) in [5, 5.41) is 0.599. The quantitative estimate of drug-likeness (QED) is 0.467. The standard InChI is InChI=1S/C24H24ClNO2/c1-19(28-24(27)22-12-14-23(25)15-13-22)16-26(17-20-8-4-2-5-9-20)18-21-10-6-3-7-11-21/h2-15,19H,16-18H2,1H3. The smallest absolute Gasteiger partial charge is 0.338 e. The Morgan fingerprint density at radius 3 is 1.86 bits per heavy atom. The van der Waals surface area contributed by atoms with Gasteiger partial charge in [-0.15, -0.1) is 0 Å². The molecule has 0 heterocycles. The molecule has 0 aromatic heterocycles. The summed E-state index contributed by atoms with van der Waals surface area (Å²) in [6.07, 6.45) is -0.240. The van der Waals surface area contributed by atoms with E-state index in [2.05, 4.69) is 29.2 Å². The monoisotopic (exact) mass is 393 g/mol. The predicted octanol–water partition coefficient (Wildman–Crippen LogP) is 5.59. The molecule has 28 heavy (non-hydrogen) atoms. The highest BCUT2D eigenvalue weighted by atomic mass is 35.5. The van der Waals surface area contributed by atoms with Gasteiger partial charge in [0.05, 0.1) is 5.56 Å². The third kappa shape index (κ3) is 6.22. The van der Waals surface area contributed by atoms with Crippen LogP contribution in [0, 0.1) is 0 Å².